The van der Waals surface area contributed by atoms with Crippen LogP contribution in [0.2, 0.25) is 0 Å². The van der Waals surface area contributed by atoms with Gasteiger partial charge in [-0.05, 0) is 6.92 Å². The van der Waals surface area contributed by atoms with Crippen LogP contribution >= 0.6 is 11.3 Å². The molecule has 0 N–H and O–H groups in total. The van der Waals surface area contributed by atoms with Crippen LogP contribution in [-0.2, 0) is 9.53 Å². The zero-order valence-electron chi connectivity index (χ0n) is 10.7. The fourth-order valence-corrected chi connectivity index (χ4v) is 2.54. The van der Waals surface area contributed by atoms with E-state index in [1.807, 2.05) is 11.8 Å². The maximum absolute atomic E-state index is 11.6. The van der Waals surface area contributed by atoms with E-state index in [0.717, 1.165) is 0 Å². The van der Waals surface area contributed by atoms with Gasteiger partial charge in [0.15, 0.2) is 0 Å². The van der Waals surface area contributed by atoms with E-state index in [1.165, 1.54) is 35.2 Å². The van der Waals surface area contributed by atoms with Crippen molar-refractivity contribution in [2.24, 2.45) is 0 Å². The van der Waals surface area contributed by atoms with Crippen LogP contribution < -0.4 is 10.5 Å². The lowest BCUT2D eigenvalue weighted by Gasteiger charge is -2.17. The summed E-state index contributed by atoms with van der Waals surface area (Å²) < 4.78 is 5.87. The Balaban J connectivity index is 2.23. The standard InChI is InChI=1S/C11H14N4O3S/c1-3-14(7-5-9(17)18-2)11-13-15-8(16)4-6-12-10(15)19-11/h4,6H,3,5,7H2,1-2H3. The predicted octanol–water partition coefficient (Wildman–Crippen LogP) is 0.540. The van der Waals surface area contributed by atoms with Crippen molar-refractivity contribution in [2.75, 3.05) is 25.1 Å². The second-order valence-corrected chi connectivity index (χ2v) is 4.70. The van der Waals surface area contributed by atoms with E-state index in [4.69, 9.17) is 0 Å². The molecule has 7 nitrogen and oxygen atoms in total. The lowest BCUT2D eigenvalue weighted by Crippen LogP contribution is -2.26. The molecule has 0 aliphatic rings. The van der Waals surface area contributed by atoms with Crippen LogP contribution in [0.4, 0.5) is 5.13 Å². The van der Waals surface area contributed by atoms with Crippen molar-refractivity contribution in [1.29, 1.82) is 0 Å². The molecule has 2 aromatic heterocycles. The summed E-state index contributed by atoms with van der Waals surface area (Å²) in [6, 6.07) is 1.36. The quantitative estimate of drug-likeness (QED) is 0.745. The highest BCUT2D eigenvalue weighted by molar-refractivity contribution is 7.20. The van der Waals surface area contributed by atoms with Crippen molar-refractivity contribution >= 4 is 27.4 Å². The largest absolute Gasteiger partial charge is 0.469 e. The summed E-state index contributed by atoms with van der Waals surface area (Å²) in [5.41, 5.74) is -0.212. The number of aromatic nitrogens is 3. The molecular formula is C11H14N4O3S. The Kier molecular flexibility index (Phi) is 4.10. The highest BCUT2D eigenvalue weighted by Gasteiger charge is 2.13. The predicted molar refractivity (Wildman–Crippen MR) is 71.7 cm³/mol. The first kappa shape index (κ1) is 13.5. The zero-order chi connectivity index (χ0) is 13.8. The minimum Gasteiger partial charge on any atom is -0.469 e. The molecule has 0 radical (unpaired) electrons. The third-order valence-corrected chi connectivity index (χ3v) is 3.61. The first-order valence-corrected chi connectivity index (χ1v) is 6.64. The third kappa shape index (κ3) is 2.90. The molecule has 0 aliphatic heterocycles. The summed E-state index contributed by atoms with van der Waals surface area (Å²) >= 11 is 1.32. The number of rotatable bonds is 5. The highest BCUT2D eigenvalue weighted by atomic mass is 32.1. The van der Waals surface area contributed by atoms with Gasteiger partial charge in [-0.3, -0.25) is 9.59 Å². The molecule has 0 spiro atoms. The molecule has 0 unspecified atom stereocenters. The molecule has 2 heterocycles. The molecule has 0 fully saturated rings. The van der Waals surface area contributed by atoms with Crippen LogP contribution in [-0.4, -0.2) is 40.8 Å². The molecule has 2 rings (SSSR count). The Bertz CT molecular complexity index is 636. The van der Waals surface area contributed by atoms with E-state index >= 15 is 0 Å². The van der Waals surface area contributed by atoms with Crippen molar-refractivity contribution < 1.29 is 9.53 Å². The minimum atomic E-state index is -0.269. The van der Waals surface area contributed by atoms with E-state index < -0.39 is 0 Å². The first-order chi connectivity index (χ1) is 9.15. The van der Waals surface area contributed by atoms with Crippen molar-refractivity contribution in [3.8, 4) is 0 Å². The molecule has 8 heteroatoms. The maximum Gasteiger partial charge on any atom is 0.307 e. The van der Waals surface area contributed by atoms with Gasteiger partial charge in [-0.25, -0.2) is 4.98 Å². The normalized spacial score (nSPS) is 10.6. The lowest BCUT2D eigenvalue weighted by molar-refractivity contribution is -0.140. The molecule has 0 aromatic carbocycles. The van der Waals surface area contributed by atoms with Crippen LogP contribution in [0.1, 0.15) is 13.3 Å². The van der Waals surface area contributed by atoms with Crippen molar-refractivity contribution in [3.05, 3.63) is 22.6 Å². The van der Waals surface area contributed by atoms with Gasteiger partial charge in [0.05, 0.1) is 13.5 Å². The zero-order valence-corrected chi connectivity index (χ0v) is 11.5. The van der Waals surface area contributed by atoms with Gasteiger partial charge in [-0.2, -0.15) is 4.52 Å². The molecule has 19 heavy (non-hydrogen) atoms. The van der Waals surface area contributed by atoms with Crippen molar-refractivity contribution in [3.63, 3.8) is 0 Å². The molecule has 2 aromatic rings. The summed E-state index contributed by atoms with van der Waals surface area (Å²) in [5, 5.41) is 4.89. The fraction of sp³-hybridized carbons (Fsp3) is 0.455. The number of ether oxygens (including phenoxy) is 1. The summed E-state index contributed by atoms with van der Waals surface area (Å²) in [5.74, 6) is -0.269. The van der Waals surface area contributed by atoms with Gasteiger partial charge in [0.25, 0.3) is 5.56 Å². The Morgan fingerprint density at radius 3 is 3.00 bits per heavy atom. The topological polar surface area (TPSA) is 76.8 Å². The van der Waals surface area contributed by atoms with Crippen LogP contribution in [0.3, 0.4) is 0 Å². The molecular weight excluding hydrogens is 268 g/mol. The highest BCUT2D eigenvalue weighted by Crippen LogP contribution is 2.20. The van der Waals surface area contributed by atoms with Gasteiger partial charge in [-0.1, -0.05) is 11.3 Å². The molecule has 102 valence electrons. The third-order valence-electron chi connectivity index (χ3n) is 2.63. The number of nitrogens with zero attached hydrogens (tertiary/aromatic N) is 4. The fourth-order valence-electron chi connectivity index (χ4n) is 1.58. The number of anilines is 1. The minimum absolute atomic E-state index is 0.212. The van der Waals surface area contributed by atoms with Crippen LogP contribution in [0.5, 0.6) is 0 Å². The van der Waals surface area contributed by atoms with Crippen LogP contribution in [0.15, 0.2) is 17.1 Å². The molecule has 0 amide bonds. The van der Waals surface area contributed by atoms with Crippen LogP contribution in [0.25, 0.3) is 4.96 Å². The number of fused-ring (bicyclic) bond motifs is 1. The molecule has 0 atom stereocenters. The number of hydrogen-bond acceptors (Lipinski definition) is 7. The Labute approximate surface area is 113 Å². The number of hydrogen-bond donors (Lipinski definition) is 0. The van der Waals surface area contributed by atoms with Crippen molar-refractivity contribution in [2.45, 2.75) is 13.3 Å². The second kappa shape index (κ2) is 5.79. The Hall–Kier alpha value is -1.96. The summed E-state index contributed by atoms with van der Waals surface area (Å²) in [7, 11) is 1.36. The van der Waals surface area contributed by atoms with Gasteiger partial charge in [0.2, 0.25) is 10.1 Å². The average molecular weight is 282 g/mol. The van der Waals surface area contributed by atoms with E-state index in [2.05, 4.69) is 14.8 Å². The summed E-state index contributed by atoms with van der Waals surface area (Å²) in [4.78, 5) is 29.3. The summed E-state index contributed by atoms with van der Waals surface area (Å²) in [6.07, 6.45) is 1.74. The number of carbonyl (C=O) groups is 1. The first-order valence-electron chi connectivity index (χ1n) is 5.82. The van der Waals surface area contributed by atoms with Gasteiger partial charge in [0, 0.05) is 25.4 Å². The number of carbonyl (C=O) groups excluding carboxylic acids is 1. The molecule has 0 bridgehead atoms. The Morgan fingerprint density at radius 2 is 2.37 bits per heavy atom. The van der Waals surface area contributed by atoms with Crippen molar-refractivity contribution in [1.82, 2.24) is 14.6 Å². The monoisotopic (exact) mass is 282 g/mol. The van der Waals surface area contributed by atoms with Crippen LogP contribution in [0, 0.1) is 0 Å². The lowest BCUT2D eigenvalue weighted by atomic mass is 10.4. The number of methoxy groups -OCH3 is 1. The van der Waals surface area contributed by atoms with Gasteiger partial charge < -0.3 is 9.64 Å². The van der Waals surface area contributed by atoms with Gasteiger partial charge in [-0.15, -0.1) is 5.10 Å². The second-order valence-electron chi connectivity index (χ2n) is 3.77. The molecule has 0 aliphatic carbocycles. The van der Waals surface area contributed by atoms with E-state index in [9.17, 15) is 9.59 Å². The maximum atomic E-state index is 11.6. The van der Waals surface area contributed by atoms with E-state index in [1.54, 1.807) is 0 Å². The smallest absolute Gasteiger partial charge is 0.307 e. The Morgan fingerprint density at radius 1 is 1.58 bits per heavy atom. The van der Waals surface area contributed by atoms with E-state index in [0.29, 0.717) is 23.2 Å². The molecule has 0 saturated carbocycles. The SMILES string of the molecule is CCN(CCC(=O)OC)c1nn2c(=O)ccnc2s1. The molecule has 0 saturated heterocycles. The van der Waals surface area contributed by atoms with Gasteiger partial charge >= 0.3 is 5.97 Å². The average Bonchev–Trinajstić information content (AvgIpc) is 2.84. The summed E-state index contributed by atoms with van der Waals surface area (Å²) in [6.45, 7) is 3.14. The van der Waals surface area contributed by atoms with Gasteiger partial charge in [0.1, 0.15) is 0 Å². The number of esters is 1. The van der Waals surface area contributed by atoms with E-state index in [-0.39, 0.29) is 17.9 Å².